The molecule has 0 spiro atoms. The van der Waals surface area contributed by atoms with E-state index in [0.29, 0.717) is 0 Å². The zero-order chi connectivity index (χ0) is 21.1. The highest BCUT2D eigenvalue weighted by atomic mass is 16.2. The molecule has 152 valence electrons. The molecule has 0 aliphatic rings. The summed E-state index contributed by atoms with van der Waals surface area (Å²) in [6, 6.07) is 9.59. The summed E-state index contributed by atoms with van der Waals surface area (Å²) < 4.78 is 1.24. The van der Waals surface area contributed by atoms with Crippen LogP contribution < -0.4 is 16.6 Å². The first-order chi connectivity index (χ1) is 13.8. The van der Waals surface area contributed by atoms with Crippen molar-refractivity contribution in [3.05, 3.63) is 74.1 Å². The monoisotopic (exact) mass is 394 g/mol. The van der Waals surface area contributed by atoms with E-state index in [0.717, 1.165) is 18.4 Å². The average Bonchev–Trinajstić information content (AvgIpc) is 2.70. The Bertz CT molecular complexity index is 1140. The normalized spacial score (nSPS) is 12.3. The highest BCUT2D eigenvalue weighted by molar-refractivity contribution is 5.96. The number of nitrogens with one attached hydrogen (secondary N) is 2. The average molecular weight is 394 g/mol. The number of pyridine rings is 1. The fourth-order valence-electron chi connectivity index (χ4n) is 3.40. The van der Waals surface area contributed by atoms with Crippen LogP contribution in [0.15, 0.2) is 46.1 Å². The van der Waals surface area contributed by atoms with Crippen LogP contribution in [0.25, 0.3) is 11.0 Å². The first kappa shape index (κ1) is 20.5. The molecule has 0 saturated carbocycles. The van der Waals surface area contributed by atoms with Crippen LogP contribution in [0.3, 0.4) is 0 Å². The molecular weight excluding hydrogens is 368 g/mol. The maximum Gasteiger partial charge on any atom is 0.329 e. The van der Waals surface area contributed by atoms with Crippen LogP contribution in [0.4, 0.5) is 0 Å². The second-order valence-electron chi connectivity index (χ2n) is 7.60. The number of fused-ring (bicyclic) bond motifs is 1. The van der Waals surface area contributed by atoms with Gasteiger partial charge >= 0.3 is 5.69 Å². The summed E-state index contributed by atoms with van der Waals surface area (Å²) >= 11 is 0. The lowest BCUT2D eigenvalue weighted by atomic mass is 9.94. The minimum absolute atomic E-state index is 0.174. The van der Waals surface area contributed by atoms with E-state index >= 15 is 0 Å². The second kappa shape index (κ2) is 8.43. The van der Waals surface area contributed by atoms with Gasteiger partial charge in [-0.2, -0.15) is 0 Å². The summed E-state index contributed by atoms with van der Waals surface area (Å²) in [6.45, 7) is 6.24. The van der Waals surface area contributed by atoms with Crippen molar-refractivity contribution in [3.8, 4) is 0 Å². The van der Waals surface area contributed by atoms with Gasteiger partial charge < -0.3 is 5.32 Å². The third kappa shape index (κ3) is 4.29. The van der Waals surface area contributed by atoms with Gasteiger partial charge in [-0.15, -0.1) is 0 Å². The Labute approximate surface area is 168 Å². The van der Waals surface area contributed by atoms with Crippen LogP contribution in [0.1, 0.15) is 54.7 Å². The van der Waals surface area contributed by atoms with E-state index in [4.69, 9.17) is 0 Å². The van der Waals surface area contributed by atoms with Gasteiger partial charge in [-0.3, -0.25) is 19.1 Å². The first-order valence-electron chi connectivity index (χ1n) is 9.80. The Morgan fingerprint density at radius 2 is 1.90 bits per heavy atom. The molecule has 29 heavy (non-hydrogen) atoms. The molecule has 0 aliphatic heterocycles. The number of carbonyl (C=O) groups excluding carboxylic acids is 1. The molecule has 0 unspecified atom stereocenters. The first-order valence-corrected chi connectivity index (χ1v) is 9.80. The maximum atomic E-state index is 12.9. The standard InChI is InChI=1S/C22H26N4O3/c1-5-6-14-7-9-15(10-8-14)18(13(2)3)24-20(27)16-11-17-19(23-12-16)26(4)22(29)25-21(17)28/h7-13,18H,5-6H2,1-4H3,(H,24,27)(H,25,28,29)/t18-/m0/s1. The highest BCUT2D eigenvalue weighted by Crippen LogP contribution is 2.23. The number of aryl methyl sites for hydroxylation is 2. The number of nitrogens with zero attached hydrogens (tertiary/aromatic N) is 2. The molecule has 1 amide bonds. The van der Waals surface area contributed by atoms with Gasteiger partial charge in [0.1, 0.15) is 5.65 Å². The van der Waals surface area contributed by atoms with Crippen molar-refractivity contribution in [2.75, 3.05) is 0 Å². The number of hydrogen-bond donors (Lipinski definition) is 2. The summed E-state index contributed by atoms with van der Waals surface area (Å²) in [5.41, 5.74) is 1.71. The van der Waals surface area contributed by atoms with Crippen LogP contribution in [0.5, 0.6) is 0 Å². The lowest BCUT2D eigenvalue weighted by Crippen LogP contribution is -2.32. The number of aromatic nitrogens is 3. The Morgan fingerprint density at radius 1 is 1.21 bits per heavy atom. The molecule has 1 atom stereocenters. The molecule has 1 aromatic carbocycles. The van der Waals surface area contributed by atoms with E-state index in [-0.39, 0.29) is 34.5 Å². The van der Waals surface area contributed by atoms with E-state index in [9.17, 15) is 14.4 Å². The topological polar surface area (TPSA) is 96.8 Å². The van der Waals surface area contributed by atoms with Crippen LogP contribution in [0.2, 0.25) is 0 Å². The SMILES string of the molecule is CCCc1ccc([C@@H](NC(=O)c2cnc3c(c2)c(=O)[nH]c(=O)n3C)C(C)C)cc1. The number of amides is 1. The van der Waals surface area contributed by atoms with Crippen LogP contribution in [-0.2, 0) is 13.5 Å². The van der Waals surface area contributed by atoms with Gasteiger partial charge in [0, 0.05) is 13.2 Å². The predicted octanol–water partition coefficient (Wildman–Crippen LogP) is 2.70. The van der Waals surface area contributed by atoms with Crippen LogP contribution in [-0.4, -0.2) is 20.4 Å². The number of carbonyl (C=O) groups is 1. The summed E-state index contributed by atoms with van der Waals surface area (Å²) in [6.07, 6.45) is 3.50. The Morgan fingerprint density at radius 3 is 2.52 bits per heavy atom. The molecule has 0 fully saturated rings. The molecule has 7 heteroatoms. The van der Waals surface area contributed by atoms with Crippen molar-refractivity contribution in [1.29, 1.82) is 0 Å². The third-order valence-electron chi connectivity index (χ3n) is 5.05. The third-order valence-corrected chi connectivity index (χ3v) is 5.05. The summed E-state index contributed by atoms with van der Waals surface area (Å²) in [4.78, 5) is 43.1. The van der Waals surface area contributed by atoms with Gasteiger partial charge in [-0.05, 0) is 29.5 Å². The number of hydrogen-bond acceptors (Lipinski definition) is 4. The van der Waals surface area contributed by atoms with E-state index in [1.54, 1.807) is 0 Å². The molecule has 0 aliphatic carbocycles. The molecule has 3 rings (SSSR count). The molecule has 2 heterocycles. The number of H-pyrrole nitrogens is 1. The molecule has 2 N–H and O–H groups in total. The second-order valence-corrected chi connectivity index (χ2v) is 7.60. The van der Waals surface area contributed by atoms with Gasteiger partial charge in [0.25, 0.3) is 11.5 Å². The molecule has 0 bridgehead atoms. The minimum Gasteiger partial charge on any atom is -0.345 e. The van der Waals surface area contributed by atoms with Gasteiger partial charge in [-0.1, -0.05) is 51.5 Å². The number of benzene rings is 1. The summed E-state index contributed by atoms with van der Waals surface area (Å²) in [5.74, 6) is -0.141. The maximum absolute atomic E-state index is 12.9. The van der Waals surface area contributed by atoms with Gasteiger partial charge in [0.2, 0.25) is 0 Å². The van der Waals surface area contributed by atoms with Crippen molar-refractivity contribution < 1.29 is 4.79 Å². The molecule has 0 radical (unpaired) electrons. The predicted molar refractivity (Wildman–Crippen MR) is 113 cm³/mol. The van der Waals surface area contributed by atoms with Crippen LogP contribution in [0, 0.1) is 5.92 Å². The van der Waals surface area contributed by atoms with Crippen molar-refractivity contribution >= 4 is 16.9 Å². The number of aromatic amines is 1. The van der Waals surface area contributed by atoms with Crippen molar-refractivity contribution in [3.63, 3.8) is 0 Å². The Balaban J connectivity index is 1.90. The van der Waals surface area contributed by atoms with Crippen molar-refractivity contribution in [2.24, 2.45) is 13.0 Å². The van der Waals surface area contributed by atoms with Gasteiger partial charge in [0.05, 0.1) is 17.0 Å². The largest absolute Gasteiger partial charge is 0.345 e. The fraction of sp³-hybridized carbons (Fsp3) is 0.364. The summed E-state index contributed by atoms with van der Waals surface area (Å²) in [5, 5.41) is 3.25. The quantitative estimate of drug-likeness (QED) is 0.672. The van der Waals surface area contributed by atoms with E-state index in [1.807, 2.05) is 13.8 Å². The van der Waals surface area contributed by atoms with Crippen molar-refractivity contribution in [2.45, 2.75) is 39.7 Å². The lowest BCUT2D eigenvalue weighted by molar-refractivity contribution is 0.0925. The van der Waals surface area contributed by atoms with Crippen molar-refractivity contribution in [1.82, 2.24) is 19.9 Å². The van der Waals surface area contributed by atoms with E-state index in [1.165, 1.54) is 29.4 Å². The van der Waals surface area contributed by atoms with E-state index < -0.39 is 11.2 Å². The Kier molecular flexibility index (Phi) is 5.96. The van der Waals surface area contributed by atoms with Gasteiger partial charge in [-0.25, -0.2) is 9.78 Å². The summed E-state index contributed by atoms with van der Waals surface area (Å²) in [7, 11) is 1.52. The molecule has 3 aromatic rings. The molecular formula is C22H26N4O3. The van der Waals surface area contributed by atoms with E-state index in [2.05, 4.69) is 46.5 Å². The van der Waals surface area contributed by atoms with Gasteiger partial charge in [0.15, 0.2) is 0 Å². The molecule has 7 nitrogen and oxygen atoms in total. The lowest BCUT2D eigenvalue weighted by Gasteiger charge is -2.23. The Hall–Kier alpha value is -3.22. The zero-order valence-electron chi connectivity index (χ0n) is 17.2. The zero-order valence-corrected chi connectivity index (χ0v) is 17.2. The molecule has 0 saturated heterocycles. The highest BCUT2D eigenvalue weighted by Gasteiger charge is 2.20. The molecule has 2 aromatic heterocycles. The number of rotatable bonds is 6. The minimum atomic E-state index is -0.558. The smallest absolute Gasteiger partial charge is 0.329 e. The fourth-order valence-corrected chi connectivity index (χ4v) is 3.40. The van der Waals surface area contributed by atoms with Crippen LogP contribution >= 0.6 is 0 Å².